The highest BCUT2D eigenvalue weighted by Gasteiger charge is 2.18. The van der Waals surface area contributed by atoms with E-state index in [-0.39, 0.29) is 29.8 Å². The number of hydrogen-bond acceptors (Lipinski definition) is 10. The normalized spacial score (nSPS) is 11.2. The maximum atomic E-state index is 6.15. The lowest BCUT2D eigenvalue weighted by atomic mass is 10.2. The van der Waals surface area contributed by atoms with Crippen LogP contribution in [0, 0.1) is 0 Å². The maximum absolute atomic E-state index is 6.15. The molecule has 23 heavy (non-hydrogen) atoms. The summed E-state index contributed by atoms with van der Waals surface area (Å²) >= 11 is 6.15. The molecular formula is C11H10ClN9O2. The largest absolute Gasteiger partial charge is 0.378 e. The van der Waals surface area contributed by atoms with Gasteiger partial charge in [-0.25, -0.2) is 14.3 Å². The maximum Gasteiger partial charge on any atom is 0.263 e. The van der Waals surface area contributed by atoms with Gasteiger partial charge in [0, 0.05) is 5.02 Å². The summed E-state index contributed by atoms with van der Waals surface area (Å²) in [5.74, 6) is 0.229. The van der Waals surface area contributed by atoms with E-state index in [1.54, 1.807) is 6.07 Å². The molecule has 4 N–H and O–H groups in total. The van der Waals surface area contributed by atoms with Crippen LogP contribution in [0.25, 0.3) is 0 Å². The van der Waals surface area contributed by atoms with Crippen LogP contribution in [0.2, 0.25) is 5.02 Å². The molecule has 3 aromatic rings. The van der Waals surface area contributed by atoms with Gasteiger partial charge in [0.1, 0.15) is 0 Å². The van der Waals surface area contributed by atoms with Crippen LogP contribution in [0.3, 0.4) is 0 Å². The lowest BCUT2D eigenvalue weighted by Crippen LogP contribution is -2.17. The van der Waals surface area contributed by atoms with Gasteiger partial charge in [0.15, 0.2) is 0 Å². The SMILES string of the molecule is Nc1nonc1N=NN(Cc1ccccc1Cl)c1nonc1N. The predicted molar refractivity (Wildman–Crippen MR) is 79.6 cm³/mol. The Balaban J connectivity index is 1.91. The van der Waals surface area contributed by atoms with Crippen LogP contribution in [0.4, 0.5) is 23.3 Å². The summed E-state index contributed by atoms with van der Waals surface area (Å²) in [5, 5.41) is 23.8. The first-order valence-electron chi connectivity index (χ1n) is 6.24. The molecule has 0 spiro atoms. The fourth-order valence-corrected chi connectivity index (χ4v) is 1.86. The highest BCUT2D eigenvalue weighted by atomic mass is 35.5. The van der Waals surface area contributed by atoms with E-state index in [2.05, 4.69) is 40.2 Å². The first-order valence-corrected chi connectivity index (χ1v) is 6.61. The van der Waals surface area contributed by atoms with Gasteiger partial charge in [-0.2, -0.15) is 0 Å². The number of benzene rings is 1. The van der Waals surface area contributed by atoms with E-state index >= 15 is 0 Å². The minimum absolute atomic E-state index is 0.00214. The second kappa shape index (κ2) is 6.27. The van der Waals surface area contributed by atoms with Gasteiger partial charge in [-0.3, -0.25) is 0 Å². The number of hydrogen-bond donors (Lipinski definition) is 2. The third-order valence-corrected chi connectivity index (χ3v) is 3.13. The molecule has 0 fully saturated rings. The first-order chi connectivity index (χ1) is 11.1. The van der Waals surface area contributed by atoms with Crippen molar-refractivity contribution in [2.75, 3.05) is 16.5 Å². The summed E-state index contributed by atoms with van der Waals surface area (Å²) in [6.45, 7) is 0.215. The van der Waals surface area contributed by atoms with Gasteiger partial charge < -0.3 is 11.5 Å². The van der Waals surface area contributed by atoms with Crippen molar-refractivity contribution in [1.29, 1.82) is 0 Å². The van der Waals surface area contributed by atoms with Crippen molar-refractivity contribution in [3.63, 3.8) is 0 Å². The molecule has 2 aromatic heterocycles. The van der Waals surface area contributed by atoms with Gasteiger partial charge in [0.2, 0.25) is 17.5 Å². The molecular weight excluding hydrogens is 326 g/mol. The second-order valence-electron chi connectivity index (χ2n) is 4.28. The zero-order valence-electron chi connectivity index (χ0n) is 11.5. The zero-order valence-corrected chi connectivity index (χ0v) is 12.3. The molecule has 12 heteroatoms. The molecule has 0 aliphatic carbocycles. The van der Waals surface area contributed by atoms with E-state index in [0.717, 1.165) is 5.56 Å². The first kappa shape index (κ1) is 14.7. The molecule has 0 saturated heterocycles. The van der Waals surface area contributed by atoms with Crippen LogP contribution in [0.1, 0.15) is 5.56 Å². The number of rotatable bonds is 5. The summed E-state index contributed by atoms with van der Waals surface area (Å²) in [7, 11) is 0. The summed E-state index contributed by atoms with van der Waals surface area (Å²) in [6, 6.07) is 7.21. The van der Waals surface area contributed by atoms with Crippen molar-refractivity contribution in [2.24, 2.45) is 10.3 Å². The van der Waals surface area contributed by atoms with Gasteiger partial charge in [0.25, 0.3) is 5.82 Å². The topological polar surface area (TPSA) is 158 Å². The minimum Gasteiger partial charge on any atom is -0.378 e. The molecule has 0 unspecified atom stereocenters. The number of nitrogens with two attached hydrogens (primary N) is 2. The van der Waals surface area contributed by atoms with Crippen molar-refractivity contribution in [3.05, 3.63) is 34.9 Å². The average Bonchev–Trinajstić information content (AvgIpc) is 3.14. The molecule has 11 nitrogen and oxygen atoms in total. The highest BCUT2D eigenvalue weighted by molar-refractivity contribution is 6.31. The molecule has 0 radical (unpaired) electrons. The van der Waals surface area contributed by atoms with Gasteiger partial charge in [0.05, 0.1) is 6.54 Å². The third kappa shape index (κ3) is 3.18. The Hall–Kier alpha value is -3.21. The van der Waals surface area contributed by atoms with Crippen LogP contribution >= 0.6 is 11.6 Å². The van der Waals surface area contributed by atoms with Gasteiger partial charge in [-0.1, -0.05) is 35.0 Å². The quantitative estimate of drug-likeness (QED) is 0.525. The Morgan fingerprint density at radius 3 is 2.43 bits per heavy atom. The molecule has 0 aliphatic heterocycles. The van der Waals surface area contributed by atoms with Crippen LogP contribution in [0.5, 0.6) is 0 Å². The third-order valence-electron chi connectivity index (χ3n) is 2.76. The number of nitrogens with zero attached hydrogens (tertiary/aromatic N) is 7. The lowest BCUT2D eigenvalue weighted by molar-refractivity contribution is 0.308. The Labute approximate surface area is 133 Å². The molecule has 1 aromatic carbocycles. The Morgan fingerprint density at radius 2 is 1.78 bits per heavy atom. The Kier molecular flexibility index (Phi) is 4.01. The van der Waals surface area contributed by atoms with Crippen LogP contribution in [-0.2, 0) is 6.54 Å². The smallest absolute Gasteiger partial charge is 0.263 e. The molecule has 118 valence electrons. The minimum atomic E-state index is -0.00214. The molecule has 2 heterocycles. The van der Waals surface area contributed by atoms with Gasteiger partial charge in [-0.15, -0.1) is 5.11 Å². The van der Waals surface area contributed by atoms with E-state index in [9.17, 15) is 0 Å². The fourth-order valence-electron chi connectivity index (χ4n) is 1.66. The molecule has 3 rings (SSSR count). The number of anilines is 3. The lowest BCUT2D eigenvalue weighted by Gasteiger charge is -2.14. The Morgan fingerprint density at radius 1 is 1.04 bits per heavy atom. The van der Waals surface area contributed by atoms with E-state index in [4.69, 9.17) is 23.1 Å². The van der Waals surface area contributed by atoms with Gasteiger partial charge >= 0.3 is 0 Å². The van der Waals surface area contributed by atoms with E-state index in [1.165, 1.54) is 5.01 Å². The van der Waals surface area contributed by atoms with Gasteiger partial charge in [-0.05, 0) is 32.3 Å². The van der Waals surface area contributed by atoms with Crippen LogP contribution in [0.15, 0.2) is 43.9 Å². The van der Waals surface area contributed by atoms with Crippen molar-refractivity contribution >= 4 is 34.9 Å². The summed E-state index contributed by atoms with van der Waals surface area (Å²) in [4.78, 5) is 0. The second-order valence-corrected chi connectivity index (χ2v) is 4.69. The number of nitrogen functional groups attached to an aromatic ring is 2. The fraction of sp³-hybridized carbons (Fsp3) is 0.0909. The molecule has 0 amide bonds. The highest BCUT2D eigenvalue weighted by Crippen LogP contribution is 2.25. The molecule has 0 bridgehead atoms. The van der Waals surface area contributed by atoms with Crippen molar-refractivity contribution < 1.29 is 9.26 Å². The number of halogens is 1. The zero-order chi connectivity index (χ0) is 16.2. The summed E-state index contributed by atoms with van der Waals surface area (Å²) in [5.41, 5.74) is 12.0. The summed E-state index contributed by atoms with van der Waals surface area (Å²) in [6.07, 6.45) is 0. The summed E-state index contributed by atoms with van der Waals surface area (Å²) < 4.78 is 9.02. The number of aromatic nitrogens is 4. The standard InChI is InChI=1S/C11H10ClN9O2/c12-7-4-2-1-3-6(7)5-21(11-9(14)17-23-19-11)20-15-10-8(13)16-22-18-10/h1-4H,5H2,(H2,13,16)(H2,14,17). The van der Waals surface area contributed by atoms with Crippen LogP contribution in [-0.4, -0.2) is 20.6 Å². The van der Waals surface area contributed by atoms with Crippen molar-refractivity contribution in [1.82, 2.24) is 20.6 Å². The molecule has 0 saturated carbocycles. The van der Waals surface area contributed by atoms with Crippen molar-refractivity contribution in [2.45, 2.75) is 6.54 Å². The van der Waals surface area contributed by atoms with Crippen molar-refractivity contribution in [3.8, 4) is 0 Å². The average molecular weight is 336 g/mol. The monoisotopic (exact) mass is 335 g/mol. The predicted octanol–water partition coefficient (Wildman–Crippen LogP) is 1.98. The van der Waals surface area contributed by atoms with Crippen LogP contribution < -0.4 is 16.5 Å². The molecule has 0 atom stereocenters. The van der Waals surface area contributed by atoms with E-state index < -0.39 is 0 Å². The van der Waals surface area contributed by atoms with E-state index in [0.29, 0.717) is 5.02 Å². The molecule has 0 aliphatic rings. The Bertz CT molecular complexity index is 830. The van der Waals surface area contributed by atoms with E-state index in [1.807, 2.05) is 18.2 Å².